The van der Waals surface area contributed by atoms with Crippen molar-refractivity contribution in [3.63, 3.8) is 0 Å². The molecule has 174 valence electrons. The first-order valence-electron chi connectivity index (χ1n) is 12.1. The minimum atomic E-state index is -0.530. The van der Waals surface area contributed by atoms with Crippen LogP contribution in [0.2, 0.25) is 0 Å². The Labute approximate surface area is 191 Å². The number of aliphatic hydroxyl groups is 1. The summed E-state index contributed by atoms with van der Waals surface area (Å²) in [5.74, 6) is 0.813. The lowest BCUT2D eigenvalue weighted by Gasteiger charge is -2.52. The topological polar surface area (TPSA) is 62.2 Å². The highest BCUT2D eigenvalue weighted by molar-refractivity contribution is 5.76. The van der Waals surface area contributed by atoms with Crippen molar-refractivity contribution in [3.8, 4) is 5.75 Å². The van der Waals surface area contributed by atoms with Crippen molar-refractivity contribution in [1.82, 2.24) is 4.90 Å². The summed E-state index contributed by atoms with van der Waals surface area (Å²) < 4.78 is 11.2. The first-order valence-corrected chi connectivity index (χ1v) is 12.1. The van der Waals surface area contributed by atoms with Crippen molar-refractivity contribution >= 4 is 11.7 Å². The molecule has 0 radical (unpaired) electrons. The van der Waals surface area contributed by atoms with Gasteiger partial charge in [-0.25, -0.2) is 0 Å². The van der Waals surface area contributed by atoms with Gasteiger partial charge in [-0.1, -0.05) is 31.6 Å². The standard InChI is InChI=1S/C26H36N2O4/c1-17-6-4-7-18-14-22-23(24(29)26(17,18)2)21(25(30)32-22)16-27-10-12-28(13-11-27)19-8-5-9-20(15-19)31-3/h5,7-9,15,17,21-24,29H,4,6,10-14,16H2,1-3H3/t17-,21-,22-,23-,24+,26-/m1/s1. The largest absolute Gasteiger partial charge is 0.497 e. The zero-order valence-corrected chi connectivity index (χ0v) is 19.5. The van der Waals surface area contributed by atoms with Crippen molar-refractivity contribution < 1.29 is 19.4 Å². The van der Waals surface area contributed by atoms with E-state index in [0.29, 0.717) is 12.5 Å². The zero-order valence-electron chi connectivity index (χ0n) is 19.5. The molecule has 0 spiro atoms. The SMILES string of the molecule is COc1cccc(N2CCN(C[C@H]3C(=O)O[C@@H]4CC5=CCC[C@@H](C)[C@@]5(C)[C@@H](O)[C@@H]43)CC2)c1. The third-order valence-electron chi connectivity index (χ3n) is 8.82. The van der Waals surface area contributed by atoms with Gasteiger partial charge in [-0.15, -0.1) is 0 Å². The van der Waals surface area contributed by atoms with E-state index in [-0.39, 0.29) is 29.3 Å². The highest BCUT2D eigenvalue weighted by Gasteiger charge is 2.59. The summed E-state index contributed by atoms with van der Waals surface area (Å²) in [5.41, 5.74) is 2.23. The van der Waals surface area contributed by atoms with Gasteiger partial charge in [0.05, 0.1) is 19.1 Å². The predicted octanol–water partition coefficient (Wildman–Crippen LogP) is 3.10. The molecule has 4 aliphatic rings. The molecule has 2 aliphatic carbocycles. The molecule has 0 amide bonds. The quantitative estimate of drug-likeness (QED) is 0.574. The first-order chi connectivity index (χ1) is 15.4. The Bertz CT molecular complexity index is 894. The number of piperazine rings is 1. The summed E-state index contributed by atoms with van der Waals surface area (Å²) in [6.07, 6.45) is 4.53. The number of allylic oxidation sites excluding steroid dienone is 1. The highest BCUT2D eigenvalue weighted by Crippen LogP contribution is 2.56. The number of nitrogens with zero attached hydrogens (tertiary/aromatic N) is 2. The molecule has 1 aromatic carbocycles. The highest BCUT2D eigenvalue weighted by atomic mass is 16.6. The van der Waals surface area contributed by atoms with Crippen LogP contribution in [0.1, 0.15) is 33.1 Å². The van der Waals surface area contributed by atoms with Gasteiger partial charge in [0.25, 0.3) is 0 Å². The van der Waals surface area contributed by atoms with E-state index >= 15 is 0 Å². The minimum absolute atomic E-state index is 0.110. The fourth-order valence-electron chi connectivity index (χ4n) is 6.55. The van der Waals surface area contributed by atoms with Gasteiger partial charge < -0.3 is 19.5 Å². The van der Waals surface area contributed by atoms with E-state index in [1.807, 2.05) is 12.1 Å². The number of rotatable bonds is 4. The zero-order chi connectivity index (χ0) is 22.5. The maximum Gasteiger partial charge on any atom is 0.311 e. The fourth-order valence-corrected chi connectivity index (χ4v) is 6.55. The van der Waals surface area contributed by atoms with Crippen LogP contribution < -0.4 is 9.64 Å². The summed E-state index contributed by atoms with van der Waals surface area (Å²) in [4.78, 5) is 17.6. The van der Waals surface area contributed by atoms with Gasteiger partial charge in [0.1, 0.15) is 11.9 Å². The van der Waals surface area contributed by atoms with E-state index in [0.717, 1.165) is 51.2 Å². The second-order valence-corrected chi connectivity index (χ2v) is 10.3. The predicted molar refractivity (Wildman–Crippen MR) is 124 cm³/mol. The number of benzene rings is 1. The first kappa shape index (κ1) is 21.8. The molecule has 0 unspecified atom stereocenters. The van der Waals surface area contributed by atoms with E-state index in [1.165, 1.54) is 11.3 Å². The molecule has 2 heterocycles. The lowest BCUT2D eigenvalue weighted by molar-refractivity contribution is -0.145. The van der Waals surface area contributed by atoms with Gasteiger partial charge in [-0.2, -0.15) is 0 Å². The molecule has 1 N–H and O–H groups in total. The third kappa shape index (κ3) is 3.52. The Morgan fingerprint density at radius 1 is 1.25 bits per heavy atom. The molecule has 2 saturated heterocycles. The average molecular weight is 441 g/mol. The third-order valence-corrected chi connectivity index (χ3v) is 8.82. The molecule has 5 rings (SSSR count). The molecule has 2 aliphatic heterocycles. The van der Waals surface area contributed by atoms with Gasteiger partial charge in [-0.05, 0) is 30.9 Å². The van der Waals surface area contributed by atoms with E-state index in [1.54, 1.807) is 7.11 Å². The Morgan fingerprint density at radius 3 is 2.78 bits per heavy atom. The van der Waals surface area contributed by atoms with Crippen LogP contribution in [0.5, 0.6) is 5.75 Å². The van der Waals surface area contributed by atoms with Crippen LogP contribution in [0, 0.1) is 23.2 Å². The number of methoxy groups -OCH3 is 1. The molecule has 1 saturated carbocycles. The molecular formula is C26H36N2O4. The number of hydrogen-bond donors (Lipinski definition) is 1. The van der Waals surface area contributed by atoms with Crippen molar-refractivity contribution in [3.05, 3.63) is 35.9 Å². The second kappa shape index (κ2) is 8.38. The van der Waals surface area contributed by atoms with Gasteiger partial charge in [0.15, 0.2) is 0 Å². The number of carbonyl (C=O) groups is 1. The molecule has 6 heteroatoms. The summed E-state index contributed by atoms with van der Waals surface area (Å²) in [6, 6.07) is 8.18. The van der Waals surface area contributed by atoms with Crippen LogP contribution in [-0.2, 0) is 9.53 Å². The van der Waals surface area contributed by atoms with Gasteiger partial charge in [-0.3, -0.25) is 9.69 Å². The summed E-state index contributed by atoms with van der Waals surface area (Å²) in [5, 5.41) is 11.6. The van der Waals surface area contributed by atoms with Crippen LogP contribution in [-0.4, -0.2) is 68.0 Å². The molecule has 3 fully saturated rings. The average Bonchev–Trinajstić information content (AvgIpc) is 3.11. The number of aliphatic hydroxyl groups excluding tert-OH is 1. The van der Waals surface area contributed by atoms with Crippen molar-refractivity contribution in [1.29, 1.82) is 0 Å². The molecule has 0 aromatic heterocycles. The number of esters is 1. The number of carbonyl (C=O) groups excluding carboxylic acids is 1. The molecule has 6 atom stereocenters. The van der Waals surface area contributed by atoms with Gasteiger partial charge in [0.2, 0.25) is 0 Å². The van der Waals surface area contributed by atoms with Crippen LogP contribution in [0.15, 0.2) is 35.9 Å². The minimum Gasteiger partial charge on any atom is -0.497 e. The molecule has 1 aromatic rings. The molecule has 6 nitrogen and oxygen atoms in total. The maximum atomic E-state index is 12.9. The summed E-state index contributed by atoms with van der Waals surface area (Å²) in [7, 11) is 1.69. The Balaban J connectivity index is 1.26. The van der Waals surface area contributed by atoms with E-state index in [9.17, 15) is 9.90 Å². The lowest BCUT2D eigenvalue weighted by Crippen LogP contribution is -2.55. The molecule has 32 heavy (non-hydrogen) atoms. The number of fused-ring (bicyclic) bond motifs is 2. The van der Waals surface area contributed by atoms with E-state index < -0.39 is 6.10 Å². The van der Waals surface area contributed by atoms with Crippen molar-refractivity contribution in [2.24, 2.45) is 23.2 Å². The second-order valence-electron chi connectivity index (χ2n) is 10.3. The number of ether oxygens (including phenoxy) is 2. The molecular weight excluding hydrogens is 404 g/mol. The smallest absolute Gasteiger partial charge is 0.311 e. The normalized spacial score (nSPS) is 37.4. The summed E-state index contributed by atoms with van der Waals surface area (Å²) >= 11 is 0. The maximum absolute atomic E-state index is 12.9. The van der Waals surface area contributed by atoms with Crippen LogP contribution in [0.3, 0.4) is 0 Å². The van der Waals surface area contributed by atoms with Crippen LogP contribution in [0.25, 0.3) is 0 Å². The fraction of sp³-hybridized carbons (Fsp3) is 0.654. The Hall–Kier alpha value is -2.05. The lowest BCUT2D eigenvalue weighted by atomic mass is 9.55. The van der Waals surface area contributed by atoms with Gasteiger partial charge >= 0.3 is 5.97 Å². The monoisotopic (exact) mass is 440 g/mol. The Morgan fingerprint density at radius 2 is 2.03 bits per heavy atom. The van der Waals surface area contributed by atoms with E-state index in [4.69, 9.17) is 9.47 Å². The van der Waals surface area contributed by atoms with Gasteiger partial charge in [0, 0.05) is 62.2 Å². The van der Waals surface area contributed by atoms with Crippen molar-refractivity contribution in [2.45, 2.75) is 45.3 Å². The number of anilines is 1. The number of hydrogen-bond acceptors (Lipinski definition) is 6. The van der Waals surface area contributed by atoms with Crippen LogP contribution in [0.4, 0.5) is 5.69 Å². The molecule has 0 bridgehead atoms. The Kier molecular flexibility index (Phi) is 5.70. The van der Waals surface area contributed by atoms with Crippen molar-refractivity contribution in [2.75, 3.05) is 44.7 Å². The van der Waals surface area contributed by atoms with Crippen LogP contribution >= 0.6 is 0 Å². The van der Waals surface area contributed by atoms with E-state index in [2.05, 4.69) is 41.9 Å². The summed E-state index contributed by atoms with van der Waals surface area (Å²) in [6.45, 7) is 8.74.